The molecule has 1 aromatic rings. The highest BCUT2D eigenvalue weighted by Crippen LogP contribution is 2.16. The molecule has 0 N–H and O–H groups in total. The van der Waals surface area contributed by atoms with E-state index in [4.69, 9.17) is 0 Å². The van der Waals surface area contributed by atoms with Crippen molar-refractivity contribution >= 4 is 23.1 Å². The lowest BCUT2D eigenvalue weighted by Crippen LogP contribution is -1.99. The smallest absolute Gasteiger partial charge is 0.338 e. The molecule has 0 radical (unpaired) electrons. The molecule has 0 aliphatic heterocycles. The molecule has 13 heavy (non-hydrogen) atoms. The monoisotopic (exact) mass is 198 g/mol. The minimum Gasteiger partial charge on any atom is -0.465 e. The van der Waals surface area contributed by atoms with Crippen molar-refractivity contribution in [2.75, 3.05) is 7.11 Å². The molecule has 0 spiro atoms. The van der Waals surface area contributed by atoms with Crippen LogP contribution in [0.2, 0.25) is 0 Å². The van der Waals surface area contributed by atoms with Crippen molar-refractivity contribution in [1.82, 2.24) is 0 Å². The number of methoxy groups -OCH3 is 1. The Morgan fingerprint density at radius 1 is 1.54 bits per heavy atom. The Morgan fingerprint density at radius 3 is 2.77 bits per heavy atom. The highest BCUT2D eigenvalue weighted by molar-refractivity contribution is 7.10. The van der Waals surface area contributed by atoms with Gasteiger partial charge >= 0.3 is 5.97 Å². The van der Waals surface area contributed by atoms with Gasteiger partial charge in [-0.3, -0.25) is 4.79 Å². The third kappa shape index (κ3) is 2.66. The molecule has 0 aromatic carbocycles. The number of ether oxygens (including phenoxy) is 1. The Balaban J connectivity index is 2.74. The SMILES string of the molecule is COC(=O)c1csc(CC(C)=O)c1. The van der Waals surface area contributed by atoms with Gasteiger partial charge in [0, 0.05) is 16.7 Å². The van der Waals surface area contributed by atoms with Crippen molar-refractivity contribution in [2.24, 2.45) is 0 Å². The van der Waals surface area contributed by atoms with Gasteiger partial charge in [0.1, 0.15) is 5.78 Å². The number of carbonyl (C=O) groups excluding carboxylic acids is 2. The standard InChI is InChI=1S/C9H10O3S/c1-6(10)3-8-4-7(5-13-8)9(11)12-2/h4-5H,3H2,1-2H3. The van der Waals surface area contributed by atoms with Gasteiger partial charge in [0.05, 0.1) is 12.7 Å². The van der Waals surface area contributed by atoms with Crippen LogP contribution in [-0.2, 0) is 16.0 Å². The van der Waals surface area contributed by atoms with Gasteiger partial charge in [-0.25, -0.2) is 4.79 Å². The van der Waals surface area contributed by atoms with Gasteiger partial charge in [-0.1, -0.05) is 0 Å². The summed E-state index contributed by atoms with van der Waals surface area (Å²) in [5, 5.41) is 1.70. The molecular formula is C9H10O3S. The first-order valence-corrected chi connectivity index (χ1v) is 4.66. The van der Waals surface area contributed by atoms with E-state index < -0.39 is 0 Å². The Bertz CT molecular complexity index is 327. The molecule has 4 heteroatoms. The van der Waals surface area contributed by atoms with Gasteiger partial charge in [0.25, 0.3) is 0 Å². The molecule has 3 nitrogen and oxygen atoms in total. The van der Waals surface area contributed by atoms with E-state index in [2.05, 4.69) is 4.74 Å². The van der Waals surface area contributed by atoms with Gasteiger partial charge < -0.3 is 4.74 Å². The lowest BCUT2D eigenvalue weighted by molar-refractivity contribution is -0.116. The first kappa shape index (κ1) is 9.92. The minimum absolute atomic E-state index is 0.0956. The summed E-state index contributed by atoms with van der Waals surface area (Å²) in [5.41, 5.74) is 0.517. The third-order valence-electron chi connectivity index (χ3n) is 1.50. The molecule has 0 saturated carbocycles. The first-order chi connectivity index (χ1) is 6.13. The molecule has 1 rings (SSSR count). The lowest BCUT2D eigenvalue weighted by atomic mass is 10.2. The van der Waals surface area contributed by atoms with E-state index in [9.17, 15) is 9.59 Å². The Kier molecular flexibility index (Phi) is 3.19. The zero-order chi connectivity index (χ0) is 9.84. The van der Waals surface area contributed by atoms with E-state index in [1.807, 2.05) is 0 Å². The maximum atomic E-state index is 11.0. The van der Waals surface area contributed by atoms with Crippen LogP contribution in [-0.4, -0.2) is 18.9 Å². The Labute approximate surface area is 80.3 Å². The average molecular weight is 198 g/mol. The molecule has 1 heterocycles. The zero-order valence-corrected chi connectivity index (χ0v) is 8.31. The van der Waals surface area contributed by atoms with E-state index in [0.717, 1.165) is 4.88 Å². The van der Waals surface area contributed by atoms with Crippen LogP contribution >= 0.6 is 11.3 Å². The number of hydrogen-bond donors (Lipinski definition) is 0. The maximum absolute atomic E-state index is 11.0. The number of rotatable bonds is 3. The molecule has 0 aliphatic rings. The molecular weight excluding hydrogens is 188 g/mol. The molecule has 0 unspecified atom stereocenters. The molecule has 1 aromatic heterocycles. The second-order valence-corrected chi connectivity index (χ2v) is 3.67. The molecule has 70 valence electrons. The summed E-state index contributed by atoms with van der Waals surface area (Å²) < 4.78 is 4.54. The van der Waals surface area contributed by atoms with Crippen LogP contribution in [0, 0.1) is 0 Å². The fourth-order valence-corrected chi connectivity index (χ4v) is 1.87. The Morgan fingerprint density at radius 2 is 2.23 bits per heavy atom. The summed E-state index contributed by atoms with van der Waals surface area (Å²) >= 11 is 1.40. The van der Waals surface area contributed by atoms with E-state index in [1.165, 1.54) is 25.4 Å². The van der Waals surface area contributed by atoms with Gasteiger partial charge in [-0.05, 0) is 13.0 Å². The van der Waals surface area contributed by atoms with E-state index in [-0.39, 0.29) is 11.8 Å². The summed E-state index contributed by atoms with van der Waals surface area (Å²) in [7, 11) is 1.34. The van der Waals surface area contributed by atoms with Crippen LogP contribution in [0.3, 0.4) is 0 Å². The number of thiophene rings is 1. The van der Waals surface area contributed by atoms with Crippen molar-refractivity contribution in [3.63, 3.8) is 0 Å². The van der Waals surface area contributed by atoms with Crippen molar-refractivity contribution in [1.29, 1.82) is 0 Å². The fraction of sp³-hybridized carbons (Fsp3) is 0.333. The number of carbonyl (C=O) groups is 2. The fourth-order valence-electron chi connectivity index (χ4n) is 0.944. The summed E-state index contributed by atoms with van der Waals surface area (Å²) in [6.45, 7) is 1.53. The third-order valence-corrected chi connectivity index (χ3v) is 2.43. The number of esters is 1. The van der Waals surface area contributed by atoms with E-state index in [0.29, 0.717) is 12.0 Å². The normalized spacial score (nSPS) is 9.69. The van der Waals surface area contributed by atoms with Crippen molar-refractivity contribution in [3.05, 3.63) is 21.9 Å². The quantitative estimate of drug-likeness (QED) is 0.694. The average Bonchev–Trinajstić information content (AvgIpc) is 2.50. The summed E-state index contributed by atoms with van der Waals surface area (Å²) in [5.74, 6) is -0.260. The van der Waals surface area contributed by atoms with Crippen molar-refractivity contribution in [2.45, 2.75) is 13.3 Å². The second-order valence-electron chi connectivity index (χ2n) is 2.67. The first-order valence-electron chi connectivity index (χ1n) is 3.78. The van der Waals surface area contributed by atoms with Gasteiger partial charge in [-0.15, -0.1) is 11.3 Å². The molecule has 0 saturated heterocycles. The maximum Gasteiger partial charge on any atom is 0.338 e. The molecule has 0 amide bonds. The largest absolute Gasteiger partial charge is 0.465 e. The predicted octanol–water partition coefficient (Wildman–Crippen LogP) is 1.67. The van der Waals surface area contributed by atoms with E-state index in [1.54, 1.807) is 11.4 Å². The minimum atomic E-state index is -0.356. The van der Waals surface area contributed by atoms with Gasteiger partial charge in [-0.2, -0.15) is 0 Å². The van der Waals surface area contributed by atoms with Crippen LogP contribution in [0.5, 0.6) is 0 Å². The summed E-state index contributed by atoms with van der Waals surface area (Å²) in [4.78, 5) is 22.7. The number of hydrogen-bond acceptors (Lipinski definition) is 4. The van der Waals surface area contributed by atoms with Gasteiger partial charge in [0.15, 0.2) is 0 Å². The topological polar surface area (TPSA) is 43.4 Å². The summed E-state index contributed by atoms with van der Waals surface area (Å²) in [6, 6.07) is 1.69. The molecule has 0 fully saturated rings. The highest BCUT2D eigenvalue weighted by Gasteiger charge is 2.08. The van der Waals surface area contributed by atoms with Crippen LogP contribution < -0.4 is 0 Å². The Hall–Kier alpha value is -1.16. The zero-order valence-electron chi connectivity index (χ0n) is 7.49. The predicted molar refractivity (Wildman–Crippen MR) is 50.0 cm³/mol. The molecule has 0 bridgehead atoms. The van der Waals surface area contributed by atoms with Crippen LogP contribution in [0.15, 0.2) is 11.4 Å². The van der Waals surface area contributed by atoms with Gasteiger partial charge in [0.2, 0.25) is 0 Å². The number of Topliss-reactive ketones (excluding diaryl/α,β-unsaturated/α-hetero) is 1. The second kappa shape index (κ2) is 4.18. The molecule has 0 atom stereocenters. The highest BCUT2D eigenvalue weighted by atomic mass is 32.1. The number of ketones is 1. The van der Waals surface area contributed by atoms with E-state index >= 15 is 0 Å². The van der Waals surface area contributed by atoms with Crippen LogP contribution in [0.1, 0.15) is 22.2 Å². The molecule has 0 aliphatic carbocycles. The van der Waals surface area contributed by atoms with Crippen molar-refractivity contribution < 1.29 is 14.3 Å². The summed E-state index contributed by atoms with van der Waals surface area (Å²) in [6.07, 6.45) is 0.391. The van der Waals surface area contributed by atoms with Crippen molar-refractivity contribution in [3.8, 4) is 0 Å². The van der Waals surface area contributed by atoms with Crippen LogP contribution in [0.25, 0.3) is 0 Å². The van der Waals surface area contributed by atoms with Crippen LogP contribution in [0.4, 0.5) is 0 Å². The lowest BCUT2D eigenvalue weighted by Gasteiger charge is -1.92.